The molecule has 0 bridgehead atoms. The van der Waals surface area contributed by atoms with E-state index in [4.69, 9.17) is 4.74 Å². The minimum absolute atomic E-state index is 0.0985. The fraction of sp³-hybridized carbons (Fsp3) is 0.571. The number of benzene rings is 1. The highest BCUT2D eigenvalue weighted by molar-refractivity contribution is 5.69. The molecule has 1 amide bonds. The van der Waals surface area contributed by atoms with Gasteiger partial charge in [-0.25, -0.2) is 18.0 Å². The molecule has 2 aliphatic rings. The molecule has 7 nitrogen and oxygen atoms in total. The van der Waals surface area contributed by atoms with E-state index < -0.39 is 40.9 Å². The zero-order valence-corrected chi connectivity index (χ0v) is 17.7. The van der Waals surface area contributed by atoms with Gasteiger partial charge in [0, 0.05) is 31.3 Å². The SMILES string of the molecule is CC(C)(C)OC(=O)N1CCC(N2CC=C(c3ccc([N+](=O)[O-])cc3F)CC2)C(F)(F)C1. The van der Waals surface area contributed by atoms with Crippen molar-refractivity contribution in [2.75, 3.05) is 26.2 Å². The van der Waals surface area contributed by atoms with Crippen LogP contribution in [0.2, 0.25) is 0 Å². The van der Waals surface area contributed by atoms with Gasteiger partial charge in [0.05, 0.1) is 23.6 Å². The minimum Gasteiger partial charge on any atom is -0.444 e. The number of nitro groups is 1. The molecule has 0 N–H and O–H groups in total. The standard InChI is InChI=1S/C21H26F3N3O4/c1-20(2,3)31-19(28)26-11-8-18(21(23,24)13-26)25-9-6-14(7-10-25)16-5-4-15(27(29)30)12-17(16)22/h4-6,12,18H,7-11,13H2,1-3H3. The average Bonchev–Trinajstić information content (AvgIpc) is 2.66. The van der Waals surface area contributed by atoms with E-state index in [1.807, 2.05) is 0 Å². The molecule has 10 heteroatoms. The summed E-state index contributed by atoms with van der Waals surface area (Å²) in [6.07, 6.45) is 1.38. The van der Waals surface area contributed by atoms with Gasteiger partial charge in [0.15, 0.2) is 0 Å². The van der Waals surface area contributed by atoms with E-state index in [1.54, 1.807) is 31.7 Å². The van der Waals surface area contributed by atoms with Crippen molar-refractivity contribution in [3.8, 4) is 0 Å². The molecule has 31 heavy (non-hydrogen) atoms. The molecular weight excluding hydrogens is 415 g/mol. The number of non-ortho nitro benzene ring substituents is 1. The van der Waals surface area contributed by atoms with Crippen molar-refractivity contribution < 1.29 is 27.6 Å². The number of likely N-dealkylation sites (tertiary alicyclic amines) is 1. The Morgan fingerprint density at radius 2 is 2.00 bits per heavy atom. The van der Waals surface area contributed by atoms with Crippen LogP contribution in [0.15, 0.2) is 24.3 Å². The normalized spacial score (nSPS) is 22.1. The van der Waals surface area contributed by atoms with Crippen molar-refractivity contribution in [2.24, 2.45) is 0 Å². The molecule has 1 unspecified atom stereocenters. The molecule has 0 radical (unpaired) electrons. The van der Waals surface area contributed by atoms with E-state index in [9.17, 15) is 28.1 Å². The lowest BCUT2D eigenvalue weighted by molar-refractivity contribution is -0.385. The Kier molecular flexibility index (Phi) is 6.31. The second kappa shape index (κ2) is 8.49. The monoisotopic (exact) mass is 441 g/mol. The molecule has 0 spiro atoms. The topological polar surface area (TPSA) is 75.9 Å². The van der Waals surface area contributed by atoms with Gasteiger partial charge in [-0.2, -0.15) is 0 Å². The fourth-order valence-electron chi connectivity index (χ4n) is 3.95. The number of hydrogen-bond donors (Lipinski definition) is 0. The first-order valence-corrected chi connectivity index (χ1v) is 10.1. The van der Waals surface area contributed by atoms with Gasteiger partial charge in [-0.3, -0.25) is 15.0 Å². The predicted molar refractivity (Wildman–Crippen MR) is 108 cm³/mol. The van der Waals surface area contributed by atoms with Crippen molar-refractivity contribution in [3.05, 3.63) is 45.8 Å². The van der Waals surface area contributed by atoms with Crippen molar-refractivity contribution in [1.29, 1.82) is 0 Å². The first-order valence-electron chi connectivity index (χ1n) is 10.1. The molecule has 170 valence electrons. The van der Waals surface area contributed by atoms with E-state index in [2.05, 4.69) is 0 Å². The largest absolute Gasteiger partial charge is 0.444 e. The lowest BCUT2D eigenvalue weighted by atomic mass is 9.94. The highest BCUT2D eigenvalue weighted by atomic mass is 19.3. The average molecular weight is 441 g/mol. The predicted octanol–water partition coefficient (Wildman–Crippen LogP) is 4.47. The summed E-state index contributed by atoms with van der Waals surface area (Å²) in [5.41, 5.74) is -0.213. The van der Waals surface area contributed by atoms with Gasteiger partial charge in [0.2, 0.25) is 0 Å². The number of nitro benzene ring substituents is 1. The van der Waals surface area contributed by atoms with Crippen LogP contribution in [0.4, 0.5) is 23.7 Å². The Morgan fingerprint density at radius 3 is 2.52 bits per heavy atom. The van der Waals surface area contributed by atoms with Crippen LogP contribution < -0.4 is 0 Å². The van der Waals surface area contributed by atoms with E-state index in [0.29, 0.717) is 18.5 Å². The summed E-state index contributed by atoms with van der Waals surface area (Å²) >= 11 is 0. The van der Waals surface area contributed by atoms with Crippen LogP contribution in [0, 0.1) is 15.9 Å². The molecule has 1 fully saturated rings. The van der Waals surface area contributed by atoms with Gasteiger partial charge in [0.1, 0.15) is 11.4 Å². The number of carbonyl (C=O) groups excluding carboxylic acids is 1. The van der Waals surface area contributed by atoms with Crippen LogP contribution in [-0.2, 0) is 4.74 Å². The first-order chi connectivity index (χ1) is 14.4. The van der Waals surface area contributed by atoms with Crippen LogP contribution >= 0.6 is 0 Å². The third-order valence-electron chi connectivity index (χ3n) is 5.40. The number of rotatable bonds is 3. The summed E-state index contributed by atoms with van der Waals surface area (Å²) in [5.74, 6) is -3.82. The quantitative estimate of drug-likeness (QED) is 0.511. The maximum absolute atomic E-state index is 14.9. The van der Waals surface area contributed by atoms with Gasteiger partial charge in [-0.05, 0) is 45.3 Å². The molecule has 3 rings (SSSR count). The summed E-state index contributed by atoms with van der Waals surface area (Å²) < 4.78 is 49.2. The van der Waals surface area contributed by atoms with Crippen molar-refractivity contribution >= 4 is 17.4 Å². The van der Waals surface area contributed by atoms with Crippen LogP contribution in [-0.4, -0.2) is 64.6 Å². The van der Waals surface area contributed by atoms with E-state index in [1.165, 1.54) is 12.1 Å². The molecule has 0 aliphatic carbocycles. The number of halogens is 3. The molecule has 0 saturated carbocycles. The summed E-state index contributed by atoms with van der Waals surface area (Å²) in [4.78, 5) is 24.9. The number of ether oxygens (including phenoxy) is 1. The van der Waals surface area contributed by atoms with Crippen LogP contribution in [0.3, 0.4) is 0 Å². The maximum Gasteiger partial charge on any atom is 0.410 e. The highest BCUT2D eigenvalue weighted by Gasteiger charge is 2.49. The molecule has 1 aromatic carbocycles. The molecule has 1 atom stereocenters. The Labute approximate surface area is 178 Å². The fourth-order valence-corrected chi connectivity index (χ4v) is 3.95. The summed E-state index contributed by atoms with van der Waals surface area (Å²) in [7, 11) is 0. The second-order valence-electron chi connectivity index (χ2n) is 8.86. The van der Waals surface area contributed by atoms with Crippen LogP contribution in [0.1, 0.15) is 39.2 Å². The number of alkyl halides is 2. The lowest BCUT2D eigenvalue weighted by Gasteiger charge is -2.44. The summed E-state index contributed by atoms with van der Waals surface area (Å²) in [5, 5.41) is 10.8. The van der Waals surface area contributed by atoms with Crippen molar-refractivity contribution in [2.45, 2.75) is 51.2 Å². The van der Waals surface area contributed by atoms with Gasteiger partial charge >= 0.3 is 6.09 Å². The first kappa shape index (κ1) is 23.1. The lowest BCUT2D eigenvalue weighted by Crippen LogP contribution is -2.60. The van der Waals surface area contributed by atoms with Gasteiger partial charge in [-0.15, -0.1) is 0 Å². The van der Waals surface area contributed by atoms with Crippen LogP contribution in [0.25, 0.3) is 5.57 Å². The van der Waals surface area contributed by atoms with E-state index in [0.717, 1.165) is 11.0 Å². The minimum atomic E-state index is -3.11. The number of carbonyl (C=O) groups is 1. The van der Waals surface area contributed by atoms with Crippen molar-refractivity contribution in [3.63, 3.8) is 0 Å². The van der Waals surface area contributed by atoms with Gasteiger partial charge in [0.25, 0.3) is 11.6 Å². The van der Waals surface area contributed by atoms with Crippen molar-refractivity contribution in [1.82, 2.24) is 9.80 Å². The van der Waals surface area contributed by atoms with Crippen LogP contribution in [0.5, 0.6) is 0 Å². The summed E-state index contributed by atoms with van der Waals surface area (Å²) in [6, 6.07) is 2.41. The number of piperidine rings is 1. The Hall–Kier alpha value is -2.62. The molecule has 0 aromatic heterocycles. The third-order valence-corrected chi connectivity index (χ3v) is 5.40. The number of hydrogen-bond acceptors (Lipinski definition) is 5. The number of amides is 1. The summed E-state index contributed by atoms with van der Waals surface area (Å²) in [6.45, 7) is 5.01. The Morgan fingerprint density at radius 1 is 1.29 bits per heavy atom. The Bertz CT molecular complexity index is 898. The smallest absolute Gasteiger partial charge is 0.410 e. The van der Waals surface area contributed by atoms with E-state index >= 15 is 0 Å². The zero-order chi connectivity index (χ0) is 23.0. The highest BCUT2D eigenvalue weighted by Crippen LogP contribution is 2.35. The van der Waals surface area contributed by atoms with E-state index in [-0.39, 0.29) is 30.8 Å². The molecule has 1 aromatic rings. The third kappa shape index (κ3) is 5.36. The maximum atomic E-state index is 14.9. The molecule has 1 saturated heterocycles. The van der Waals surface area contributed by atoms with Gasteiger partial charge < -0.3 is 9.64 Å². The zero-order valence-electron chi connectivity index (χ0n) is 17.7. The molecule has 2 heterocycles. The van der Waals surface area contributed by atoms with Gasteiger partial charge in [-0.1, -0.05) is 6.08 Å². The Balaban J connectivity index is 1.66. The number of nitrogens with zero attached hydrogens (tertiary/aromatic N) is 3. The second-order valence-corrected chi connectivity index (χ2v) is 8.86. The molecule has 2 aliphatic heterocycles. The molecular formula is C21H26F3N3O4.